The topological polar surface area (TPSA) is 107 Å². The van der Waals surface area contributed by atoms with Crippen LogP contribution in [0, 0.1) is 5.92 Å². The van der Waals surface area contributed by atoms with Gasteiger partial charge in [-0.3, -0.25) is 4.57 Å². The molecule has 1 saturated carbocycles. The minimum absolute atomic E-state index is 0.00619. The molecule has 1 aliphatic carbocycles. The van der Waals surface area contributed by atoms with Crippen molar-refractivity contribution in [3.63, 3.8) is 0 Å². The lowest BCUT2D eigenvalue weighted by molar-refractivity contribution is -0.0405. The molecule has 3 aliphatic rings. The summed E-state index contributed by atoms with van der Waals surface area (Å²) in [4.78, 5) is 12.6. The summed E-state index contributed by atoms with van der Waals surface area (Å²) in [5.41, 5.74) is 5.27. The third-order valence-electron chi connectivity index (χ3n) is 9.00. The third-order valence-corrected chi connectivity index (χ3v) is 19.3. The van der Waals surface area contributed by atoms with Crippen LogP contribution < -0.4 is 5.73 Å². The molecule has 5 rings (SSSR count). The highest BCUT2D eigenvalue weighted by Gasteiger charge is 2.55. The predicted octanol–water partition coefficient (Wildman–Crippen LogP) is 6.54. The Balaban J connectivity index is 1.38. The molecule has 3 fully saturated rings. The zero-order chi connectivity index (χ0) is 29.3. The van der Waals surface area contributed by atoms with Gasteiger partial charge in [0.15, 0.2) is 32.2 Å². The zero-order valence-corrected chi connectivity index (χ0v) is 27.8. The van der Waals surface area contributed by atoms with Gasteiger partial charge in [-0.05, 0) is 69.0 Å². The Hall–Kier alpha value is -0.923. The SMILES string of the molecule is C=C(C)[C@H]1CC[C@@]2(C)SP(=S)(OC[C@H]3O[C@@H](n4cnc5c(N)ncnc54)[C@H](F)[C@@H]3O[Si](C)(C)C(C)(C)C)O[C@@H]2C1. The molecule has 0 bridgehead atoms. The van der Waals surface area contributed by atoms with Crippen molar-refractivity contribution in [3.05, 3.63) is 24.8 Å². The standard InChI is InChI=1S/C26H41FN5O4PS2Si/c1-15(2)16-9-10-26(6)18(11-16)35-37(38,39-26)33-12-17-21(36-40(7,8)25(3,4)5)19(27)24(34-17)32-14-31-20-22(28)29-13-30-23(20)32/h13-14,16-19,21,24H,1,9-12H2,2-8H3,(H2,28,29,30)/t16-,17+,18+,19+,21+,24+,26+,37?/m0/s1. The first-order valence-electron chi connectivity index (χ1n) is 13.7. The van der Waals surface area contributed by atoms with Gasteiger partial charge in [0.05, 0.1) is 19.0 Å². The van der Waals surface area contributed by atoms with E-state index in [4.69, 9.17) is 35.8 Å². The van der Waals surface area contributed by atoms with Crippen molar-refractivity contribution in [2.45, 2.75) is 107 Å². The summed E-state index contributed by atoms with van der Waals surface area (Å²) in [5, 5.41) is -0.125. The van der Waals surface area contributed by atoms with E-state index >= 15 is 4.39 Å². The highest BCUT2D eigenvalue weighted by atomic mass is 32.9. The molecule has 2 saturated heterocycles. The second-order valence-electron chi connectivity index (χ2n) is 13.0. The molecule has 4 heterocycles. The van der Waals surface area contributed by atoms with Gasteiger partial charge < -0.3 is 23.9 Å². The summed E-state index contributed by atoms with van der Waals surface area (Å²) in [7, 11) is -2.37. The Kier molecular flexibility index (Phi) is 8.14. The number of ether oxygens (including phenoxy) is 1. The monoisotopic (exact) mass is 629 g/mol. The summed E-state index contributed by atoms with van der Waals surface area (Å²) in [6, 6.07) is 0. The van der Waals surface area contributed by atoms with Crippen LogP contribution >= 0.6 is 17.1 Å². The first-order valence-corrected chi connectivity index (χ1v) is 20.7. The largest absolute Gasteiger partial charge is 0.408 e. The molecule has 2 aromatic heterocycles. The number of rotatable bonds is 7. The number of aromatic nitrogens is 4. The lowest BCUT2D eigenvalue weighted by Crippen LogP contribution is -2.49. The maximum atomic E-state index is 16.4. The van der Waals surface area contributed by atoms with Gasteiger partial charge in [0.1, 0.15) is 24.1 Å². The van der Waals surface area contributed by atoms with E-state index in [-0.39, 0.29) is 28.3 Å². The number of fused-ring (bicyclic) bond motifs is 2. The van der Waals surface area contributed by atoms with Crippen LogP contribution in [0.15, 0.2) is 24.8 Å². The molecule has 14 heteroatoms. The van der Waals surface area contributed by atoms with Crippen molar-refractivity contribution in [1.29, 1.82) is 0 Å². The van der Waals surface area contributed by atoms with E-state index in [9.17, 15) is 0 Å². The molecule has 2 aliphatic heterocycles. The molecule has 0 spiro atoms. The van der Waals surface area contributed by atoms with Gasteiger partial charge in [0, 0.05) is 4.75 Å². The molecule has 2 aromatic rings. The van der Waals surface area contributed by atoms with Gasteiger partial charge in [-0.1, -0.05) is 44.3 Å². The van der Waals surface area contributed by atoms with Gasteiger partial charge in [-0.2, -0.15) is 0 Å². The normalized spacial score (nSPS) is 36.7. The molecule has 8 atom stereocenters. The molecule has 222 valence electrons. The minimum atomic E-state index is -2.69. The van der Waals surface area contributed by atoms with Crippen LogP contribution in [-0.2, 0) is 30.0 Å². The van der Waals surface area contributed by atoms with E-state index in [1.165, 1.54) is 18.2 Å². The van der Waals surface area contributed by atoms with Crippen LogP contribution in [0.1, 0.15) is 60.1 Å². The molecule has 0 aromatic carbocycles. The average molecular weight is 630 g/mol. The van der Waals surface area contributed by atoms with Crippen molar-refractivity contribution < 1.29 is 22.6 Å². The number of hydrogen-bond acceptors (Lipinski definition) is 10. The predicted molar refractivity (Wildman–Crippen MR) is 164 cm³/mol. The number of nitrogens with zero attached hydrogens (tertiary/aromatic N) is 4. The molecule has 0 radical (unpaired) electrons. The van der Waals surface area contributed by atoms with Crippen molar-refractivity contribution in [2.24, 2.45) is 5.92 Å². The van der Waals surface area contributed by atoms with Crippen LogP contribution in [0.5, 0.6) is 0 Å². The van der Waals surface area contributed by atoms with E-state index in [0.29, 0.717) is 17.1 Å². The fourth-order valence-electron chi connectivity index (χ4n) is 5.37. The van der Waals surface area contributed by atoms with Gasteiger partial charge in [-0.25, -0.2) is 19.3 Å². The molecular weight excluding hydrogens is 589 g/mol. The Labute approximate surface area is 246 Å². The summed E-state index contributed by atoms with van der Waals surface area (Å²) in [5.74, 6) is 0.653. The van der Waals surface area contributed by atoms with Crippen molar-refractivity contribution in [1.82, 2.24) is 19.5 Å². The molecule has 1 unspecified atom stereocenters. The fraction of sp³-hybridized carbons (Fsp3) is 0.731. The van der Waals surface area contributed by atoms with Crippen LogP contribution in [0.2, 0.25) is 18.1 Å². The molecular formula is C26H41FN5O4PS2Si. The smallest absolute Gasteiger partial charge is 0.248 e. The number of nitrogen functional groups attached to an aromatic ring is 1. The van der Waals surface area contributed by atoms with E-state index in [2.05, 4.69) is 69.2 Å². The van der Waals surface area contributed by atoms with Crippen molar-refractivity contribution in [2.75, 3.05) is 12.3 Å². The molecule has 40 heavy (non-hydrogen) atoms. The van der Waals surface area contributed by atoms with Gasteiger partial charge in [-0.15, -0.1) is 0 Å². The first kappa shape index (κ1) is 30.5. The van der Waals surface area contributed by atoms with Crippen molar-refractivity contribution >= 4 is 54.2 Å². The Morgan fingerprint density at radius 1 is 1.38 bits per heavy atom. The van der Waals surface area contributed by atoms with Crippen LogP contribution in [-0.4, -0.2) is 63.7 Å². The van der Waals surface area contributed by atoms with Crippen LogP contribution in [0.3, 0.4) is 0 Å². The first-order chi connectivity index (χ1) is 18.5. The van der Waals surface area contributed by atoms with Gasteiger partial charge >= 0.3 is 0 Å². The number of alkyl halides is 1. The molecule has 2 N–H and O–H groups in total. The summed E-state index contributed by atoms with van der Waals surface area (Å²) in [6.45, 7) is 19.1. The Bertz CT molecular complexity index is 1340. The van der Waals surface area contributed by atoms with E-state index in [1.54, 1.807) is 15.9 Å². The van der Waals surface area contributed by atoms with E-state index in [1.807, 2.05) is 0 Å². The van der Waals surface area contributed by atoms with E-state index < -0.39 is 38.6 Å². The van der Waals surface area contributed by atoms with Gasteiger partial charge in [0.25, 0.3) is 0 Å². The lowest BCUT2D eigenvalue weighted by atomic mass is 9.77. The number of hydrogen-bond donors (Lipinski definition) is 1. The van der Waals surface area contributed by atoms with Gasteiger partial charge in [0.2, 0.25) is 5.69 Å². The number of anilines is 1. The quantitative estimate of drug-likeness (QED) is 0.206. The summed E-state index contributed by atoms with van der Waals surface area (Å²) < 4.78 is 43.7. The summed E-state index contributed by atoms with van der Waals surface area (Å²) in [6.07, 6.45) is 1.71. The highest BCUT2D eigenvalue weighted by molar-refractivity contribution is 8.68. The fourth-order valence-corrected chi connectivity index (χ4v) is 13.8. The maximum Gasteiger partial charge on any atom is 0.248 e. The molecule has 9 nitrogen and oxygen atoms in total. The summed E-state index contributed by atoms with van der Waals surface area (Å²) >= 11 is 7.64. The lowest BCUT2D eigenvalue weighted by Gasteiger charge is -2.39. The molecule has 0 amide bonds. The Morgan fingerprint density at radius 2 is 2.10 bits per heavy atom. The van der Waals surface area contributed by atoms with Crippen molar-refractivity contribution in [3.8, 4) is 0 Å². The van der Waals surface area contributed by atoms with Crippen LogP contribution in [0.4, 0.5) is 10.2 Å². The number of imidazole rings is 1. The Morgan fingerprint density at radius 3 is 2.77 bits per heavy atom. The average Bonchev–Trinajstić information content (AvgIpc) is 3.48. The number of halogens is 1. The number of nitrogens with two attached hydrogens (primary N) is 1. The second-order valence-corrected chi connectivity index (χ2v) is 24.4. The minimum Gasteiger partial charge on any atom is -0.408 e. The zero-order valence-electron chi connectivity index (χ0n) is 24.3. The van der Waals surface area contributed by atoms with E-state index in [0.717, 1.165) is 19.3 Å². The van der Waals surface area contributed by atoms with Crippen LogP contribution in [0.25, 0.3) is 11.2 Å². The second kappa shape index (κ2) is 10.7. The maximum absolute atomic E-state index is 16.4. The third kappa shape index (κ3) is 5.57. The number of allylic oxidation sites excluding steroid dienone is 1. The highest BCUT2D eigenvalue weighted by Crippen LogP contribution is 2.75.